The summed E-state index contributed by atoms with van der Waals surface area (Å²) in [5.41, 5.74) is 0.351. The second kappa shape index (κ2) is 10.9. The number of carbonyl (C=O) groups is 2. The largest absolute Gasteiger partial charge is 0.416 e. The smallest absolute Gasteiger partial charge is 0.359 e. The average Bonchev–Trinajstić information content (AvgIpc) is 3.72. The van der Waals surface area contributed by atoms with E-state index < -0.39 is 23.1 Å². The molecule has 1 aromatic carbocycles. The molecule has 11 nitrogen and oxygen atoms in total. The zero-order valence-corrected chi connectivity index (χ0v) is 26.5. The van der Waals surface area contributed by atoms with E-state index in [0.717, 1.165) is 28.1 Å². The van der Waals surface area contributed by atoms with Crippen LogP contribution in [0.5, 0.6) is 0 Å². The molecule has 1 unspecified atom stereocenters. The van der Waals surface area contributed by atoms with E-state index in [2.05, 4.69) is 41.3 Å². The number of H-pyrrole nitrogens is 1. The molecule has 1 fully saturated rings. The number of halogens is 5. The summed E-state index contributed by atoms with van der Waals surface area (Å²) in [5, 5.41) is 7.46. The van der Waals surface area contributed by atoms with E-state index in [1.165, 1.54) is 0 Å². The molecule has 1 atom stereocenters. The van der Waals surface area contributed by atoms with Crippen LogP contribution < -0.4 is 10.9 Å². The van der Waals surface area contributed by atoms with Crippen LogP contribution in [0.3, 0.4) is 0 Å². The molecule has 238 valence electrons. The molecule has 1 spiro atoms. The van der Waals surface area contributed by atoms with E-state index in [-0.39, 0.29) is 45.2 Å². The Bertz CT molecular complexity index is 2120. The van der Waals surface area contributed by atoms with Gasteiger partial charge in [0.2, 0.25) is 16.4 Å². The third-order valence-electron chi connectivity index (χ3n) is 9.01. The maximum atomic E-state index is 14.0. The van der Waals surface area contributed by atoms with Gasteiger partial charge in [0, 0.05) is 47.5 Å². The monoisotopic (exact) mass is 716 g/mol. The third-order valence-corrected chi connectivity index (χ3v) is 9.66. The highest BCUT2D eigenvalue weighted by molar-refractivity contribution is 9.10. The molecule has 0 bridgehead atoms. The Morgan fingerprint density at radius 2 is 1.96 bits per heavy atom. The van der Waals surface area contributed by atoms with Crippen LogP contribution in [0.25, 0.3) is 16.7 Å². The highest BCUT2D eigenvalue weighted by Gasteiger charge is 2.49. The molecule has 2 N–H and O–H groups in total. The highest BCUT2D eigenvalue weighted by Crippen LogP contribution is 2.50. The predicted octanol–water partition coefficient (Wildman–Crippen LogP) is 5.52. The van der Waals surface area contributed by atoms with E-state index in [4.69, 9.17) is 11.6 Å². The lowest BCUT2D eigenvalue weighted by Crippen LogP contribution is -2.46. The average molecular weight is 718 g/mol. The lowest BCUT2D eigenvalue weighted by molar-refractivity contribution is -0.137. The first-order chi connectivity index (χ1) is 21.9. The van der Waals surface area contributed by atoms with Crippen molar-refractivity contribution in [3.63, 3.8) is 0 Å². The summed E-state index contributed by atoms with van der Waals surface area (Å²) < 4.78 is 42.3. The van der Waals surface area contributed by atoms with Crippen LogP contribution in [0.1, 0.15) is 59.4 Å². The zero-order valence-electron chi connectivity index (χ0n) is 24.2. The minimum absolute atomic E-state index is 0.0158. The summed E-state index contributed by atoms with van der Waals surface area (Å²) in [6, 6.07) is 6.39. The molecule has 16 heteroatoms. The van der Waals surface area contributed by atoms with E-state index in [1.54, 1.807) is 21.9 Å². The van der Waals surface area contributed by atoms with Crippen LogP contribution in [0.2, 0.25) is 5.02 Å². The van der Waals surface area contributed by atoms with Crippen molar-refractivity contribution in [1.29, 1.82) is 0 Å². The molecule has 5 heterocycles. The SMILES string of the molecule is CC1CC2(CCN(C(=O)c3nccc4cc[nH]c34)CC2)c2c1n(CC(=O)Nc1ccc(C(F)(F)F)cc1Cl)c1nc(Br)nn1c2=O. The molecule has 1 aliphatic heterocycles. The van der Waals surface area contributed by atoms with E-state index in [1.807, 2.05) is 19.1 Å². The fourth-order valence-corrected chi connectivity index (χ4v) is 7.56. The number of rotatable bonds is 4. The molecular weight excluding hydrogens is 693 g/mol. The second-order valence-electron chi connectivity index (χ2n) is 11.8. The van der Waals surface area contributed by atoms with Crippen molar-refractivity contribution >= 4 is 61.7 Å². The number of fused-ring (bicyclic) bond motifs is 4. The Hall–Kier alpha value is -4.24. The van der Waals surface area contributed by atoms with Gasteiger partial charge in [0.1, 0.15) is 6.54 Å². The topological polar surface area (TPSA) is 130 Å². The summed E-state index contributed by atoms with van der Waals surface area (Å²) >= 11 is 9.32. The number of pyridine rings is 1. The summed E-state index contributed by atoms with van der Waals surface area (Å²) in [6.07, 6.45) is 0.428. The van der Waals surface area contributed by atoms with Crippen molar-refractivity contribution in [3.05, 3.63) is 85.4 Å². The van der Waals surface area contributed by atoms with Crippen LogP contribution in [0, 0.1) is 0 Å². The second-order valence-corrected chi connectivity index (χ2v) is 12.9. The van der Waals surface area contributed by atoms with Gasteiger partial charge in [0.25, 0.3) is 11.5 Å². The number of nitrogens with one attached hydrogen (secondary N) is 2. The van der Waals surface area contributed by atoms with Crippen molar-refractivity contribution in [2.24, 2.45) is 0 Å². The number of likely N-dealkylation sites (tertiary alicyclic amines) is 1. The van der Waals surface area contributed by atoms with Gasteiger partial charge in [-0.25, -0.2) is 4.98 Å². The number of piperidine rings is 1. The van der Waals surface area contributed by atoms with Crippen molar-refractivity contribution in [2.45, 2.75) is 50.2 Å². The van der Waals surface area contributed by atoms with Gasteiger partial charge < -0.3 is 19.8 Å². The third kappa shape index (κ3) is 4.96. The molecule has 0 saturated carbocycles. The number of hydrogen-bond donors (Lipinski definition) is 2. The molecule has 2 amide bonds. The van der Waals surface area contributed by atoms with E-state index >= 15 is 0 Å². The lowest BCUT2D eigenvalue weighted by Gasteiger charge is -2.39. The van der Waals surface area contributed by atoms with Gasteiger partial charge in [-0.1, -0.05) is 18.5 Å². The number of aromatic nitrogens is 6. The molecule has 7 rings (SSSR count). The van der Waals surface area contributed by atoms with Crippen molar-refractivity contribution in [1.82, 2.24) is 34.0 Å². The minimum atomic E-state index is -4.59. The Balaban J connectivity index is 1.20. The van der Waals surface area contributed by atoms with Crippen LogP contribution in [-0.2, 0) is 22.9 Å². The molecule has 1 saturated heterocycles. The first kappa shape index (κ1) is 30.4. The standard InChI is InChI=1S/C30H25BrClF3N8O3/c1-15-13-29(6-10-41(11-7-29)26(46)23-22-16(4-8-36-22)5-9-37-23)21-24(15)42(28-39-27(31)40-43(28)25(21)45)14-20(44)38-19-3-2-17(12-18(19)32)30(33,34)35/h2-5,8-9,12,15,36H,6-7,10-11,13-14H2,1H3,(H,38,44). The Morgan fingerprint density at radius 1 is 1.20 bits per heavy atom. The van der Waals surface area contributed by atoms with Gasteiger partial charge in [0.15, 0.2) is 5.69 Å². The number of amides is 2. The lowest BCUT2D eigenvalue weighted by atomic mass is 9.73. The number of nitrogens with zero attached hydrogens (tertiary/aromatic N) is 6. The molecular formula is C30H25BrClF3N8O3. The van der Waals surface area contributed by atoms with Crippen molar-refractivity contribution in [3.8, 4) is 0 Å². The van der Waals surface area contributed by atoms with Crippen molar-refractivity contribution in [2.75, 3.05) is 18.4 Å². The van der Waals surface area contributed by atoms with Gasteiger partial charge in [-0.2, -0.15) is 22.7 Å². The number of alkyl halides is 3. The summed E-state index contributed by atoms with van der Waals surface area (Å²) in [5.74, 6) is -0.776. The zero-order chi connectivity index (χ0) is 32.5. The Kier molecular flexibility index (Phi) is 7.23. The maximum absolute atomic E-state index is 14.0. The number of carbonyl (C=O) groups excluding carboxylic acids is 2. The van der Waals surface area contributed by atoms with E-state index in [0.29, 0.717) is 54.8 Å². The Morgan fingerprint density at radius 3 is 2.67 bits per heavy atom. The first-order valence-electron chi connectivity index (χ1n) is 14.4. The molecule has 0 radical (unpaired) electrons. The molecule has 2 aliphatic rings. The summed E-state index contributed by atoms with van der Waals surface area (Å²) in [7, 11) is 0. The number of hydrogen-bond acceptors (Lipinski definition) is 6. The number of benzene rings is 1. The van der Waals surface area contributed by atoms with Crippen LogP contribution in [-0.4, -0.2) is 58.9 Å². The van der Waals surface area contributed by atoms with Crippen LogP contribution >= 0.6 is 27.5 Å². The summed E-state index contributed by atoms with van der Waals surface area (Å²) in [6.45, 7) is 2.47. The quantitative estimate of drug-likeness (QED) is 0.252. The fourth-order valence-electron chi connectivity index (χ4n) is 7.01. The summed E-state index contributed by atoms with van der Waals surface area (Å²) in [4.78, 5) is 54.4. The van der Waals surface area contributed by atoms with Gasteiger partial charge in [0.05, 0.1) is 21.8 Å². The first-order valence-corrected chi connectivity index (χ1v) is 15.6. The van der Waals surface area contributed by atoms with Gasteiger partial charge in [-0.15, -0.1) is 5.10 Å². The van der Waals surface area contributed by atoms with Gasteiger partial charge in [-0.05, 0) is 71.4 Å². The Labute approximate surface area is 271 Å². The van der Waals surface area contributed by atoms with Crippen molar-refractivity contribution < 1.29 is 22.8 Å². The highest BCUT2D eigenvalue weighted by atomic mass is 79.9. The van der Waals surface area contributed by atoms with Gasteiger partial charge >= 0.3 is 6.18 Å². The molecule has 4 aromatic heterocycles. The van der Waals surface area contributed by atoms with Crippen LogP contribution in [0.15, 0.2) is 52.3 Å². The molecule has 5 aromatic rings. The predicted molar refractivity (Wildman–Crippen MR) is 166 cm³/mol. The number of aromatic amines is 1. The molecule has 46 heavy (non-hydrogen) atoms. The fraction of sp³-hybridized carbons (Fsp3) is 0.333. The maximum Gasteiger partial charge on any atom is 0.416 e. The number of anilines is 1. The normalized spacial score (nSPS) is 17.6. The molecule has 1 aliphatic carbocycles. The minimum Gasteiger partial charge on any atom is -0.359 e. The van der Waals surface area contributed by atoms with E-state index in [9.17, 15) is 27.6 Å². The van der Waals surface area contributed by atoms with Crippen LogP contribution in [0.4, 0.5) is 18.9 Å². The van der Waals surface area contributed by atoms with Gasteiger partial charge in [-0.3, -0.25) is 14.4 Å².